The van der Waals surface area contributed by atoms with Crippen LogP contribution in [0.15, 0.2) is 82.5 Å². The molecule has 9 heteroatoms. The van der Waals surface area contributed by atoms with Gasteiger partial charge < -0.3 is 14.2 Å². The summed E-state index contributed by atoms with van der Waals surface area (Å²) in [5.41, 5.74) is -2.74. The summed E-state index contributed by atoms with van der Waals surface area (Å²) in [4.78, 5) is 51.8. The number of benzene rings is 2. The molecule has 2 heterocycles. The number of rotatable bonds is 5. The van der Waals surface area contributed by atoms with Gasteiger partial charge in [0.25, 0.3) is 11.3 Å². The van der Waals surface area contributed by atoms with Gasteiger partial charge in [-0.05, 0) is 24.3 Å². The predicted molar refractivity (Wildman–Crippen MR) is 108 cm³/mol. The molecular weight excluding hydrogens is 404 g/mol. The molecule has 31 heavy (non-hydrogen) atoms. The van der Waals surface area contributed by atoms with Crippen LogP contribution in [-0.2, 0) is 19.9 Å². The van der Waals surface area contributed by atoms with Crippen LogP contribution in [0.25, 0.3) is 0 Å². The third-order valence-corrected chi connectivity index (χ3v) is 4.85. The lowest BCUT2D eigenvalue weighted by Gasteiger charge is -2.34. The Morgan fingerprint density at radius 3 is 2.16 bits per heavy atom. The van der Waals surface area contributed by atoms with E-state index in [-0.39, 0.29) is 24.3 Å². The second-order valence-corrected chi connectivity index (χ2v) is 6.86. The lowest BCUT2D eigenvalue weighted by molar-refractivity contribution is -0.125. The number of carbonyl (C=O) groups excluding carboxylic acids is 2. The summed E-state index contributed by atoms with van der Waals surface area (Å²) < 4.78 is 17.8. The molecule has 1 fully saturated rings. The highest BCUT2D eigenvalue weighted by Gasteiger charge is 2.53. The normalized spacial score (nSPS) is 20.2. The van der Waals surface area contributed by atoms with Gasteiger partial charge in [0.2, 0.25) is 0 Å². The summed E-state index contributed by atoms with van der Waals surface area (Å²) in [6.45, 7) is -0.379. The average molecular weight is 422 g/mol. The fraction of sp³-hybridized carbons (Fsp3) is 0.182. The molecule has 1 saturated heterocycles. The number of ether oxygens (including phenoxy) is 3. The van der Waals surface area contributed by atoms with Gasteiger partial charge in [0.1, 0.15) is 6.61 Å². The highest BCUT2D eigenvalue weighted by molar-refractivity contribution is 5.90. The molecule has 0 saturated carbocycles. The maximum atomic E-state index is 12.9. The fourth-order valence-electron chi connectivity index (χ4n) is 3.31. The van der Waals surface area contributed by atoms with E-state index in [0.29, 0.717) is 0 Å². The molecule has 158 valence electrons. The zero-order valence-electron chi connectivity index (χ0n) is 16.2. The predicted octanol–water partition coefficient (Wildman–Crippen LogP) is 1.30. The number of esters is 2. The number of hydrogen-bond acceptors (Lipinski definition) is 7. The minimum Gasteiger partial charge on any atom is -0.450 e. The van der Waals surface area contributed by atoms with E-state index in [9.17, 15) is 19.2 Å². The van der Waals surface area contributed by atoms with Gasteiger partial charge in [-0.1, -0.05) is 36.4 Å². The molecule has 0 radical (unpaired) electrons. The quantitative estimate of drug-likeness (QED) is 0.616. The molecule has 2 atom stereocenters. The van der Waals surface area contributed by atoms with Crippen molar-refractivity contribution >= 4 is 11.9 Å². The minimum atomic E-state index is -1.81. The van der Waals surface area contributed by atoms with Gasteiger partial charge in [-0.25, -0.2) is 14.4 Å². The molecule has 9 nitrogen and oxygen atoms in total. The van der Waals surface area contributed by atoms with Crippen molar-refractivity contribution in [2.45, 2.75) is 11.8 Å². The monoisotopic (exact) mass is 422 g/mol. The van der Waals surface area contributed by atoms with Crippen LogP contribution < -0.4 is 11.2 Å². The maximum Gasteiger partial charge on any atom is 0.340 e. The van der Waals surface area contributed by atoms with E-state index in [2.05, 4.69) is 4.98 Å². The molecule has 1 N–H and O–H groups in total. The van der Waals surface area contributed by atoms with E-state index in [0.717, 1.165) is 10.6 Å². The van der Waals surface area contributed by atoms with E-state index in [1.807, 2.05) is 0 Å². The first-order chi connectivity index (χ1) is 15.0. The molecule has 0 unspecified atom stereocenters. The molecular formula is C22H18N2O7. The summed E-state index contributed by atoms with van der Waals surface area (Å²) >= 11 is 0. The average Bonchev–Trinajstić information content (AvgIpc) is 3.17. The summed E-state index contributed by atoms with van der Waals surface area (Å²) in [6.07, 6.45) is 0.0359. The summed E-state index contributed by atoms with van der Waals surface area (Å²) in [7, 11) is 0. The lowest BCUT2D eigenvalue weighted by Crippen LogP contribution is -2.55. The van der Waals surface area contributed by atoms with E-state index >= 15 is 0 Å². The first-order valence-electron chi connectivity index (χ1n) is 9.44. The molecule has 1 aliphatic heterocycles. The van der Waals surface area contributed by atoms with Crippen LogP contribution in [0.5, 0.6) is 0 Å². The van der Waals surface area contributed by atoms with E-state index in [4.69, 9.17) is 14.2 Å². The second-order valence-electron chi connectivity index (χ2n) is 6.86. The Morgan fingerprint density at radius 2 is 1.55 bits per heavy atom. The zero-order chi connectivity index (χ0) is 21.8. The number of nitrogens with one attached hydrogen (secondary N) is 1. The number of aromatic nitrogens is 2. The molecule has 0 amide bonds. The van der Waals surface area contributed by atoms with Crippen LogP contribution in [0.1, 0.15) is 20.7 Å². The first-order valence-corrected chi connectivity index (χ1v) is 9.44. The highest BCUT2D eigenvalue weighted by Crippen LogP contribution is 2.32. The third-order valence-electron chi connectivity index (χ3n) is 4.85. The summed E-state index contributed by atoms with van der Waals surface area (Å²) in [5.74, 6) is -1.42. The van der Waals surface area contributed by atoms with Crippen molar-refractivity contribution in [1.82, 2.24) is 9.55 Å². The Balaban J connectivity index is 1.74. The van der Waals surface area contributed by atoms with Crippen molar-refractivity contribution in [2.75, 3.05) is 13.2 Å². The van der Waals surface area contributed by atoms with Gasteiger partial charge in [0.05, 0.1) is 17.7 Å². The van der Waals surface area contributed by atoms with Crippen LogP contribution in [0.4, 0.5) is 0 Å². The Morgan fingerprint density at radius 1 is 0.935 bits per heavy atom. The first kappa shape index (κ1) is 20.3. The third kappa shape index (κ3) is 4.03. The van der Waals surface area contributed by atoms with Gasteiger partial charge in [0.15, 0.2) is 6.10 Å². The Hall–Kier alpha value is -3.98. The fourth-order valence-corrected chi connectivity index (χ4v) is 3.31. The largest absolute Gasteiger partial charge is 0.450 e. The van der Waals surface area contributed by atoms with Crippen molar-refractivity contribution in [3.8, 4) is 0 Å². The number of hydrogen-bond donors (Lipinski definition) is 1. The lowest BCUT2D eigenvalue weighted by atomic mass is 10.1. The number of nitrogens with zero attached hydrogens (tertiary/aromatic N) is 1. The smallest absolute Gasteiger partial charge is 0.340 e. The second kappa shape index (κ2) is 8.41. The number of aromatic amines is 1. The molecule has 0 aliphatic carbocycles. The maximum absolute atomic E-state index is 12.9. The zero-order valence-corrected chi connectivity index (χ0v) is 16.2. The van der Waals surface area contributed by atoms with Crippen molar-refractivity contribution in [1.29, 1.82) is 0 Å². The van der Waals surface area contributed by atoms with Crippen LogP contribution >= 0.6 is 0 Å². The van der Waals surface area contributed by atoms with Crippen molar-refractivity contribution in [3.63, 3.8) is 0 Å². The standard InChI is InChI=1S/C22H18N2O7/c25-18-11-12-24(21(28)23-18)22(31-20(27)16-9-5-2-6-10-16)14-29-13-17(22)30-19(26)15-7-3-1-4-8-15/h1-12,17H,13-14H2,(H,23,25,28)/t17-,22+/m0/s1. The van der Waals surface area contributed by atoms with E-state index < -0.39 is 35.0 Å². The summed E-state index contributed by atoms with van der Waals surface area (Å²) in [6, 6.07) is 17.5. The van der Waals surface area contributed by atoms with Gasteiger partial charge in [0, 0.05) is 12.3 Å². The van der Waals surface area contributed by atoms with Crippen LogP contribution in [0.2, 0.25) is 0 Å². The SMILES string of the molecule is O=C(O[C@H]1COC[C@]1(OC(=O)c1ccccc1)n1ccc(=O)[nH]c1=O)c1ccccc1. The Labute approximate surface area is 175 Å². The van der Waals surface area contributed by atoms with Crippen LogP contribution in [0, 0.1) is 0 Å². The van der Waals surface area contributed by atoms with Crippen LogP contribution in [0.3, 0.4) is 0 Å². The summed E-state index contributed by atoms with van der Waals surface area (Å²) in [5, 5.41) is 0. The van der Waals surface area contributed by atoms with Gasteiger partial charge >= 0.3 is 17.6 Å². The van der Waals surface area contributed by atoms with Gasteiger partial charge in [-0.3, -0.25) is 14.3 Å². The van der Waals surface area contributed by atoms with Crippen molar-refractivity contribution in [3.05, 3.63) is 105 Å². The Bertz CT molecular complexity index is 1200. The topological polar surface area (TPSA) is 117 Å². The minimum absolute atomic E-state index is 0.119. The van der Waals surface area contributed by atoms with Crippen LogP contribution in [-0.4, -0.2) is 40.8 Å². The molecule has 4 rings (SSSR count). The molecule has 0 bridgehead atoms. The van der Waals surface area contributed by atoms with E-state index in [1.165, 1.54) is 6.20 Å². The number of carbonyl (C=O) groups is 2. The van der Waals surface area contributed by atoms with Gasteiger partial charge in [-0.2, -0.15) is 0 Å². The van der Waals surface area contributed by atoms with E-state index in [1.54, 1.807) is 60.7 Å². The molecule has 3 aromatic rings. The molecule has 2 aromatic carbocycles. The van der Waals surface area contributed by atoms with Crippen molar-refractivity contribution in [2.24, 2.45) is 0 Å². The molecule has 1 aliphatic rings. The van der Waals surface area contributed by atoms with Gasteiger partial charge in [-0.15, -0.1) is 0 Å². The highest BCUT2D eigenvalue weighted by atomic mass is 16.6. The Kier molecular flexibility index (Phi) is 5.50. The van der Waals surface area contributed by atoms with Crippen molar-refractivity contribution < 1.29 is 23.8 Å². The number of H-pyrrole nitrogens is 1. The molecule has 1 aromatic heterocycles. The molecule has 0 spiro atoms.